The van der Waals surface area contributed by atoms with Gasteiger partial charge in [0.25, 0.3) is 0 Å². The van der Waals surface area contributed by atoms with Gasteiger partial charge in [0.1, 0.15) is 5.82 Å². The van der Waals surface area contributed by atoms with Gasteiger partial charge >= 0.3 is 0 Å². The van der Waals surface area contributed by atoms with Crippen molar-refractivity contribution in [1.29, 1.82) is 0 Å². The minimum atomic E-state index is -0.229. The van der Waals surface area contributed by atoms with Crippen LogP contribution in [0, 0.1) is 5.82 Å². The number of hydrogen-bond acceptors (Lipinski definition) is 3. The Morgan fingerprint density at radius 3 is 2.94 bits per heavy atom. The highest BCUT2D eigenvalue weighted by atomic mass is 19.1. The lowest BCUT2D eigenvalue weighted by Gasteiger charge is -2.17. The quantitative estimate of drug-likeness (QED) is 0.626. The van der Waals surface area contributed by atoms with Gasteiger partial charge in [0, 0.05) is 12.7 Å². The molecule has 18 heavy (non-hydrogen) atoms. The van der Waals surface area contributed by atoms with E-state index in [0.717, 1.165) is 17.8 Å². The van der Waals surface area contributed by atoms with E-state index in [2.05, 4.69) is 10.5 Å². The second-order valence-corrected chi connectivity index (χ2v) is 4.13. The molecular formula is C13H17FN4. The highest BCUT2D eigenvalue weighted by Gasteiger charge is 2.15. The summed E-state index contributed by atoms with van der Waals surface area (Å²) in [6.45, 7) is 2.80. The molecule has 0 spiro atoms. The van der Waals surface area contributed by atoms with E-state index >= 15 is 0 Å². The molecule has 3 N–H and O–H groups in total. The maximum Gasteiger partial charge on any atom is 0.123 e. The van der Waals surface area contributed by atoms with Gasteiger partial charge in [0.2, 0.25) is 0 Å². The van der Waals surface area contributed by atoms with Crippen LogP contribution in [-0.4, -0.2) is 9.78 Å². The van der Waals surface area contributed by atoms with Crippen molar-refractivity contribution >= 4 is 0 Å². The van der Waals surface area contributed by atoms with E-state index in [1.54, 1.807) is 12.3 Å². The SMILES string of the molecule is CCn1nccc1C(Cc1cccc(F)c1)NN. The van der Waals surface area contributed by atoms with E-state index in [0.29, 0.717) is 6.42 Å². The molecule has 2 aromatic rings. The van der Waals surface area contributed by atoms with Crippen LogP contribution in [0.1, 0.15) is 24.2 Å². The zero-order valence-corrected chi connectivity index (χ0v) is 10.3. The molecule has 1 atom stereocenters. The molecule has 0 aliphatic carbocycles. The smallest absolute Gasteiger partial charge is 0.123 e. The Labute approximate surface area is 106 Å². The van der Waals surface area contributed by atoms with Crippen LogP contribution in [0.25, 0.3) is 0 Å². The predicted octanol–water partition coefficient (Wildman–Crippen LogP) is 1.79. The van der Waals surface area contributed by atoms with Gasteiger partial charge in [-0.25, -0.2) is 4.39 Å². The first-order valence-electron chi connectivity index (χ1n) is 5.97. The van der Waals surface area contributed by atoms with Gasteiger partial charge in [0.05, 0.1) is 11.7 Å². The van der Waals surface area contributed by atoms with Gasteiger partial charge in [-0.05, 0) is 37.1 Å². The average Bonchev–Trinajstić information content (AvgIpc) is 2.84. The molecule has 0 aliphatic heterocycles. The number of halogens is 1. The van der Waals surface area contributed by atoms with E-state index in [1.807, 2.05) is 23.7 Å². The molecule has 1 aromatic heterocycles. The Hall–Kier alpha value is -1.72. The van der Waals surface area contributed by atoms with Crippen LogP contribution in [0.3, 0.4) is 0 Å². The molecule has 0 saturated carbocycles. The zero-order chi connectivity index (χ0) is 13.0. The van der Waals surface area contributed by atoms with E-state index in [4.69, 9.17) is 5.84 Å². The van der Waals surface area contributed by atoms with E-state index in [-0.39, 0.29) is 11.9 Å². The molecule has 0 amide bonds. The third-order valence-corrected chi connectivity index (χ3v) is 2.94. The minimum Gasteiger partial charge on any atom is -0.271 e. The number of nitrogens with zero attached hydrogens (tertiary/aromatic N) is 2. The lowest BCUT2D eigenvalue weighted by molar-refractivity contribution is 0.489. The second-order valence-electron chi connectivity index (χ2n) is 4.13. The first-order valence-corrected chi connectivity index (χ1v) is 5.97. The Bertz CT molecular complexity index is 509. The largest absolute Gasteiger partial charge is 0.271 e. The van der Waals surface area contributed by atoms with Crippen LogP contribution in [0.5, 0.6) is 0 Å². The lowest BCUT2D eigenvalue weighted by Crippen LogP contribution is -2.31. The van der Waals surface area contributed by atoms with Crippen molar-refractivity contribution in [3.8, 4) is 0 Å². The summed E-state index contributed by atoms with van der Waals surface area (Å²) in [7, 11) is 0. The molecule has 1 aromatic carbocycles. The van der Waals surface area contributed by atoms with Gasteiger partial charge in [-0.2, -0.15) is 5.10 Å². The number of hydrazine groups is 1. The molecule has 96 valence electrons. The van der Waals surface area contributed by atoms with Gasteiger partial charge in [-0.1, -0.05) is 12.1 Å². The van der Waals surface area contributed by atoms with Gasteiger partial charge in [0.15, 0.2) is 0 Å². The number of hydrogen-bond donors (Lipinski definition) is 2. The van der Waals surface area contributed by atoms with Gasteiger partial charge in [-0.15, -0.1) is 0 Å². The summed E-state index contributed by atoms with van der Waals surface area (Å²) >= 11 is 0. The second kappa shape index (κ2) is 5.75. The van der Waals surface area contributed by atoms with Crippen LogP contribution in [-0.2, 0) is 13.0 Å². The minimum absolute atomic E-state index is 0.0748. The lowest BCUT2D eigenvalue weighted by atomic mass is 10.0. The molecule has 0 saturated heterocycles. The van der Waals surface area contributed by atoms with Crippen LogP contribution in [0.4, 0.5) is 4.39 Å². The fourth-order valence-corrected chi connectivity index (χ4v) is 2.05. The number of nitrogens with two attached hydrogens (primary N) is 1. The van der Waals surface area contributed by atoms with E-state index < -0.39 is 0 Å². The molecule has 4 nitrogen and oxygen atoms in total. The Morgan fingerprint density at radius 2 is 2.28 bits per heavy atom. The number of rotatable bonds is 5. The maximum absolute atomic E-state index is 13.1. The van der Waals surface area contributed by atoms with Crippen LogP contribution in [0.15, 0.2) is 36.5 Å². The predicted molar refractivity (Wildman–Crippen MR) is 68.1 cm³/mol. The van der Waals surface area contributed by atoms with E-state index in [9.17, 15) is 4.39 Å². The summed E-state index contributed by atoms with van der Waals surface area (Å²) in [5.74, 6) is 5.36. The average molecular weight is 248 g/mol. The third-order valence-electron chi connectivity index (χ3n) is 2.94. The molecule has 0 radical (unpaired) electrons. The first kappa shape index (κ1) is 12.7. The summed E-state index contributed by atoms with van der Waals surface area (Å²) < 4.78 is 15.0. The summed E-state index contributed by atoms with van der Waals surface area (Å²) in [4.78, 5) is 0. The van der Waals surface area contributed by atoms with Crippen molar-refractivity contribution in [2.75, 3.05) is 0 Å². The van der Waals surface area contributed by atoms with Crippen molar-refractivity contribution in [1.82, 2.24) is 15.2 Å². The normalized spacial score (nSPS) is 12.6. The molecule has 0 bridgehead atoms. The van der Waals surface area contributed by atoms with Crippen LogP contribution in [0.2, 0.25) is 0 Å². The third kappa shape index (κ3) is 2.75. The highest BCUT2D eigenvalue weighted by Crippen LogP contribution is 2.18. The molecule has 1 unspecified atom stereocenters. The molecule has 0 fully saturated rings. The van der Waals surface area contributed by atoms with Crippen molar-refractivity contribution in [2.45, 2.75) is 25.9 Å². The van der Waals surface area contributed by atoms with Crippen molar-refractivity contribution in [2.24, 2.45) is 5.84 Å². The standard InChI is InChI=1S/C13H17FN4/c1-2-18-13(6-7-16-18)12(17-15)9-10-4-3-5-11(14)8-10/h3-8,12,17H,2,9,15H2,1H3. The van der Waals surface area contributed by atoms with Crippen molar-refractivity contribution in [3.63, 3.8) is 0 Å². The summed E-state index contributed by atoms with van der Waals surface area (Å²) in [6, 6.07) is 8.40. The Kier molecular flexibility index (Phi) is 4.07. The summed E-state index contributed by atoms with van der Waals surface area (Å²) in [5.41, 5.74) is 4.67. The van der Waals surface area contributed by atoms with Gasteiger partial charge < -0.3 is 0 Å². The number of benzene rings is 1. The Morgan fingerprint density at radius 1 is 1.44 bits per heavy atom. The van der Waals surface area contributed by atoms with Crippen LogP contribution < -0.4 is 11.3 Å². The number of aromatic nitrogens is 2. The molecular weight excluding hydrogens is 231 g/mol. The summed E-state index contributed by atoms with van der Waals surface area (Å²) in [6.07, 6.45) is 2.37. The summed E-state index contributed by atoms with van der Waals surface area (Å²) in [5, 5.41) is 4.21. The number of nitrogens with one attached hydrogen (secondary N) is 1. The zero-order valence-electron chi connectivity index (χ0n) is 10.3. The molecule has 2 rings (SSSR count). The topological polar surface area (TPSA) is 55.9 Å². The Balaban J connectivity index is 2.20. The highest BCUT2D eigenvalue weighted by molar-refractivity contribution is 5.20. The van der Waals surface area contributed by atoms with Crippen LogP contribution >= 0.6 is 0 Å². The molecule has 0 aliphatic rings. The monoisotopic (exact) mass is 248 g/mol. The molecule has 5 heteroatoms. The fraction of sp³-hybridized carbons (Fsp3) is 0.308. The molecule has 1 heterocycles. The maximum atomic E-state index is 13.1. The van der Waals surface area contributed by atoms with Crippen molar-refractivity contribution < 1.29 is 4.39 Å². The first-order chi connectivity index (χ1) is 8.74. The number of aryl methyl sites for hydroxylation is 1. The van der Waals surface area contributed by atoms with Gasteiger partial charge in [-0.3, -0.25) is 16.0 Å². The fourth-order valence-electron chi connectivity index (χ4n) is 2.05. The van der Waals surface area contributed by atoms with Crippen molar-refractivity contribution in [3.05, 3.63) is 53.6 Å². The van der Waals surface area contributed by atoms with E-state index in [1.165, 1.54) is 12.1 Å².